The van der Waals surface area contributed by atoms with Gasteiger partial charge in [0, 0.05) is 7.05 Å². The monoisotopic (exact) mass is 380 g/mol. The number of nitrogens with one attached hydrogen (secondary N) is 2. The largest absolute Gasteiger partial charge is 0.462 e. The first-order valence-electron chi connectivity index (χ1n) is 7.80. The molecule has 0 radical (unpaired) electrons. The Morgan fingerprint density at radius 1 is 1.23 bits per heavy atom. The van der Waals surface area contributed by atoms with E-state index in [9.17, 15) is 18.0 Å². The van der Waals surface area contributed by atoms with Gasteiger partial charge in [-0.3, -0.25) is 9.48 Å². The van der Waals surface area contributed by atoms with Gasteiger partial charge in [0.2, 0.25) is 15.9 Å². The molecule has 0 fully saturated rings. The number of ether oxygens (including phenoxy) is 1. The Morgan fingerprint density at radius 3 is 2.50 bits per heavy atom. The molecule has 0 spiro atoms. The van der Waals surface area contributed by atoms with E-state index in [-0.39, 0.29) is 22.9 Å². The summed E-state index contributed by atoms with van der Waals surface area (Å²) in [6, 6.07) is 6.23. The molecule has 26 heavy (non-hydrogen) atoms. The Labute approximate surface area is 151 Å². The van der Waals surface area contributed by atoms with E-state index in [0.717, 1.165) is 5.56 Å². The number of sulfonamides is 1. The molecule has 0 aliphatic rings. The van der Waals surface area contributed by atoms with E-state index in [1.807, 2.05) is 6.92 Å². The lowest BCUT2D eigenvalue weighted by molar-refractivity contribution is -0.115. The number of esters is 1. The summed E-state index contributed by atoms with van der Waals surface area (Å²) in [5, 5.41) is 6.37. The molecule has 9 nitrogen and oxygen atoms in total. The third-order valence-corrected chi connectivity index (χ3v) is 4.86. The highest BCUT2D eigenvalue weighted by molar-refractivity contribution is 7.89. The first-order chi connectivity index (χ1) is 12.2. The van der Waals surface area contributed by atoms with Crippen LogP contribution < -0.4 is 10.0 Å². The van der Waals surface area contributed by atoms with Gasteiger partial charge in [-0.25, -0.2) is 17.9 Å². The van der Waals surface area contributed by atoms with Gasteiger partial charge in [0.15, 0.2) is 0 Å². The number of benzene rings is 1. The third kappa shape index (κ3) is 4.67. The Balaban J connectivity index is 2.04. The zero-order chi connectivity index (χ0) is 19.3. The molecule has 0 aliphatic carbocycles. The first kappa shape index (κ1) is 19.6. The van der Waals surface area contributed by atoms with Crippen LogP contribution in [-0.2, 0) is 26.6 Å². The fourth-order valence-corrected chi connectivity index (χ4v) is 3.06. The predicted octanol–water partition coefficient (Wildman–Crippen LogP) is 0.822. The van der Waals surface area contributed by atoms with Gasteiger partial charge < -0.3 is 10.1 Å². The van der Waals surface area contributed by atoms with Crippen molar-refractivity contribution in [2.75, 3.05) is 18.5 Å². The average Bonchev–Trinajstić information content (AvgIpc) is 2.95. The minimum atomic E-state index is -3.82. The fraction of sp³-hybridized carbons (Fsp3) is 0.312. The molecule has 0 unspecified atom stereocenters. The van der Waals surface area contributed by atoms with Gasteiger partial charge in [-0.2, -0.15) is 5.10 Å². The fourth-order valence-electron chi connectivity index (χ4n) is 2.08. The molecule has 0 saturated heterocycles. The number of aromatic nitrogens is 2. The summed E-state index contributed by atoms with van der Waals surface area (Å²) in [6.07, 6.45) is 1.27. The van der Waals surface area contributed by atoms with Gasteiger partial charge in [-0.15, -0.1) is 0 Å². The zero-order valence-electron chi connectivity index (χ0n) is 14.6. The number of carbonyl (C=O) groups is 2. The van der Waals surface area contributed by atoms with E-state index >= 15 is 0 Å². The van der Waals surface area contributed by atoms with Gasteiger partial charge in [0.25, 0.3) is 0 Å². The molecule has 1 aromatic heterocycles. The van der Waals surface area contributed by atoms with E-state index in [2.05, 4.69) is 15.1 Å². The summed E-state index contributed by atoms with van der Waals surface area (Å²) < 4.78 is 32.8. The number of amides is 1. The number of anilines is 1. The molecule has 0 aliphatic heterocycles. The van der Waals surface area contributed by atoms with Crippen molar-refractivity contribution in [3.8, 4) is 0 Å². The normalized spacial score (nSPS) is 11.2. The van der Waals surface area contributed by atoms with Crippen LogP contribution in [-0.4, -0.2) is 43.2 Å². The SMILES string of the molecule is CCOC(=O)c1cnn(C)c1NC(=O)CNS(=O)(=O)c1ccc(C)cc1. The molecule has 0 saturated carbocycles. The number of rotatable bonds is 7. The summed E-state index contributed by atoms with van der Waals surface area (Å²) in [5.41, 5.74) is 1.01. The van der Waals surface area contributed by atoms with Crippen molar-refractivity contribution in [3.05, 3.63) is 41.6 Å². The molecule has 1 heterocycles. The quantitative estimate of drug-likeness (QED) is 0.687. The maximum atomic E-state index is 12.2. The zero-order valence-corrected chi connectivity index (χ0v) is 15.5. The summed E-state index contributed by atoms with van der Waals surface area (Å²) >= 11 is 0. The maximum Gasteiger partial charge on any atom is 0.343 e. The minimum Gasteiger partial charge on any atom is -0.462 e. The lowest BCUT2D eigenvalue weighted by Crippen LogP contribution is -2.33. The molecule has 1 amide bonds. The van der Waals surface area contributed by atoms with Crippen molar-refractivity contribution in [1.82, 2.24) is 14.5 Å². The highest BCUT2D eigenvalue weighted by Crippen LogP contribution is 2.15. The number of hydrogen-bond acceptors (Lipinski definition) is 6. The van der Waals surface area contributed by atoms with Crippen LogP contribution in [0, 0.1) is 6.92 Å². The van der Waals surface area contributed by atoms with Crippen molar-refractivity contribution in [1.29, 1.82) is 0 Å². The van der Waals surface area contributed by atoms with Crippen LogP contribution in [0.15, 0.2) is 35.4 Å². The molecular weight excluding hydrogens is 360 g/mol. The Hall–Kier alpha value is -2.72. The lowest BCUT2D eigenvalue weighted by atomic mass is 10.2. The second-order valence-electron chi connectivity index (χ2n) is 5.44. The summed E-state index contributed by atoms with van der Waals surface area (Å²) in [5.74, 6) is -1.14. The predicted molar refractivity (Wildman–Crippen MR) is 94.2 cm³/mol. The Morgan fingerprint density at radius 2 is 1.88 bits per heavy atom. The van der Waals surface area contributed by atoms with Crippen LogP contribution in [0.2, 0.25) is 0 Å². The third-order valence-electron chi connectivity index (χ3n) is 3.45. The molecule has 0 atom stereocenters. The maximum absolute atomic E-state index is 12.2. The van der Waals surface area contributed by atoms with Gasteiger partial charge in [-0.05, 0) is 26.0 Å². The summed E-state index contributed by atoms with van der Waals surface area (Å²) in [4.78, 5) is 24.0. The standard InChI is InChI=1S/C16H20N4O5S/c1-4-25-16(22)13-9-17-20(3)15(13)19-14(21)10-18-26(23,24)12-7-5-11(2)6-8-12/h5-9,18H,4,10H2,1-3H3,(H,19,21). The molecular formula is C16H20N4O5S. The number of hydrogen-bond donors (Lipinski definition) is 2. The van der Waals surface area contributed by atoms with Crippen molar-refractivity contribution in [3.63, 3.8) is 0 Å². The molecule has 1 aromatic carbocycles. The molecule has 2 aromatic rings. The van der Waals surface area contributed by atoms with Crippen LogP contribution in [0.1, 0.15) is 22.8 Å². The van der Waals surface area contributed by atoms with Gasteiger partial charge >= 0.3 is 5.97 Å². The van der Waals surface area contributed by atoms with Crippen molar-refractivity contribution in [2.24, 2.45) is 7.05 Å². The number of carbonyl (C=O) groups excluding carboxylic acids is 2. The summed E-state index contributed by atoms with van der Waals surface area (Å²) in [6.45, 7) is 3.18. The molecule has 0 bridgehead atoms. The van der Waals surface area contributed by atoms with Crippen molar-refractivity contribution >= 4 is 27.7 Å². The highest BCUT2D eigenvalue weighted by atomic mass is 32.2. The van der Waals surface area contributed by atoms with E-state index in [1.165, 1.54) is 30.1 Å². The minimum absolute atomic E-state index is 0.0589. The molecule has 2 N–H and O–H groups in total. The van der Waals surface area contributed by atoms with Crippen LogP contribution in [0.3, 0.4) is 0 Å². The molecule has 2 rings (SSSR count). The molecule has 140 valence electrons. The van der Waals surface area contributed by atoms with Crippen molar-refractivity contribution in [2.45, 2.75) is 18.7 Å². The smallest absolute Gasteiger partial charge is 0.343 e. The lowest BCUT2D eigenvalue weighted by Gasteiger charge is -2.10. The van der Waals surface area contributed by atoms with Crippen LogP contribution in [0.25, 0.3) is 0 Å². The van der Waals surface area contributed by atoms with E-state index < -0.39 is 28.4 Å². The van der Waals surface area contributed by atoms with Crippen LogP contribution in [0.4, 0.5) is 5.82 Å². The Kier molecular flexibility index (Phi) is 6.11. The second-order valence-corrected chi connectivity index (χ2v) is 7.20. The Bertz CT molecular complexity index is 903. The van der Waals surface area contributed by atoms with Gasteiger partial charge in [-0.1, -0.05) is 17.7 Å². The highest BCUT2D eigenvalue weighted by Gasteiger charge is 2.20. The number of aryl methyl sites for hydroxylation is 2. The second kappa shape index (κ2) is 8.11. The average molecular weight is 380 g/mol. The van der Waals surface area contributed by atoms with Gasteiger partial charge in [0.05, 0.1) is 24.2 Å². The van der Waals surface area contributed by atoms with Crippen molar-refractivity contribution < 1.29 is 22.7 Å². The summed E-state index contributed by atoms with van der Waals surface area (Å²) in [7, 11) is -2.28. The number of nitrogens with zero attached hydrogens (tertiary/aromatic N) is 2. The molecule has 10 heteroatoms. The van der Waals surface area contributed by atoms with E-state index in [0.29, 0.717) is 0 Å². The topological polar surface area (TPSA) is 119 Å². The van der Waals surface area contributed by atoms with Crippen LogP contribution >= 0.6 is 0 Å². The van der Waals surface area contributed by atoms with Crippen LogP contribution in [0.5, 0.6) is 0 Å². The first-order valence-corrected chi connectivity index (χ1v) is 9.28. The van der Waals surface area contributed by atoms with E-state index in [1.54, 1.807) is 19.1 Å². The van der Waals surface area contributed by atoms with E-state index in [4.69, 9.17) is 4.74 Å². The van der Waals surface area contributed by atoms with Gasteiger partial charge in [0.1, 0.15) is 11.4 Å².